The zero-order valence-electron chi connectivity index (χ0n) is 8.82. The Morgan fingerprint density at radius 1 is 1.38 bits per heavy atom. The predicted molar refractivity (Wildman–Crippen MR) is 55.7 cm³/mol. The average Bonchev–Trinajstić information content (AvgIpc) is 2.16. The Bertz CT molecular complexity index is 350. The maximum Gasteiger partial charge on any atom is 0.387 e. The highest BCUT2D eigenvalue weighted by atomic mass is 19.3. The van der Waals surface area contributed by atoms with Crippen molar-refractivity contribution in [3.05, 3.63) is 29.8 Å². The van der Waals surface area contributed by atoms with Gasteiger partial charge in [0.25, 0.3) is 0 Å². The van der Waals surface area contributed by atoms with Crippen LogP contribution in [0.4, 0.5) is 8.78 Å². The van der Waals surface area contributed by atoms with Crippen LogP contribution in [0.3, 0.4) is 0 Å². The van der Waals surface area contributed by atoms with Gasteiger partial charge in [-0.15, -0.1) is 0 Å². The number of nitrogens with two attached hydrogens (primary N) is 1. The maximum atomic E-state index is 11.8. The molecule has 0 bridgehead atoms. The molecule has 0 aliphatic carbocycles. The average molecular weight is 229 g/mol. The van der Waals surface area contributed by atoms with Crippen molar-refractivity contribution in [3.63, 3.8) is 0 Å². The minimum Gasteiger partial charge on any atom is -0.435 e. The van der Waals surface area contributed by atoms with Crippen molar-refractivity contribution < 1.29 is 18.3 Å². The van der Waals surface area contributed by atoms with Crippen LogP contribution >= 0.6 is 0 Å². The largest absolute Gasteiger partial charge is 0.435 e. The lowest BCUT2D eigenvalue weighted by Crippen LogP contribution is -2.19. The third-order valence-electron chi connectivity index (χ3n) is 1.91. The molecule has 1 aromatic carbocycles. The molecule has 0 amide bonds. The molecule has 1 atom stereocenters. The van der Waals surface area contributed by atoms with E-state index in [0.29, 0.717) is 5.56 Å². The summed E-state index contributed by atoms with van der Waals surface area (Å²) in [6, 6.07) is 5.34. The first kappa shape index (κ1) is 12.6. The second-order valence-electron chi connectivity index (χ2n) is 3.51. The normalized spacial score (nSPS) is 12.6. The number of ether oxygens (including phenoxy) is 1. The molecule has 0 saturated carbocycles. The van der Waals surface area contributed by atoms with E-state index < -0.39 is 6.61 Å². The van der Waals surface area contributed by atoms with Gasteiger partial charge in [0.1, 0.15) is 5.75 Å². The predicted octanol–water partition coefficient (Wildman–Crippen LogP) is 2.21. The molecule has 2 N–H and O–H groups in total. The molecule has 0 aromatic heterocycles. The summed E-state index contributed by atoms with van der Waals surface area (Å²) in [7, 11) is 0. The number of halogens is 2. The Balaban J connectivity index is 2.67. The first-order chi connectivity index (χ1) is 7.49. The maximum absolute atomic E-state index is 11.8. The van der Waals surface area contributed by atoms with Crippen molar-refractivity contribution in [2.75, 3.05) is 0 Å². The summed E-state index contributed by atoms with van der Waals surface area (Å²) < 4.78 is 27.9. The van der Waals surface area contributed by atoms with E-state index in [0.717, 1.165) is 0 Å². The Morgan fingerprint density at radius 2 is 1.94 bits per heavy atom. The smallest absolute Gasteiger partial charge is 0.387 e. The van der Waals surface area contributed by atoms with Gasteiger partial charge in [0, 0.05) is 18.0 Å². The molecule has 0 fully saturated rings. The lowest BCUT2D eigenvalue weighted by molar-refractivity contribution is -0.0498. The molecule has 1 unspecified atom stereocenters. The van der Waals surface area contributed by atoms with Crippen LogP contribution in [0.15, 0.2) is 24.3 Å². The van der Waals surface area contributed by atoms with Gasteiger partial charge in [0.05, 0.1) is 0 Å². The van der Waals surface area contributed by atoms with E-state index in [4.69, 9.17) is 5.73 Å². The van der Waals surface area contributed by atoms with E-state index in [2.05, 4.69) is 4.74 Å². The van der Waals surface area contributed by atoms with E-state index in [1.807, 2.05) is 0 Å². The summed E-state index contributed by atoms with van der Waals surface area (Å²) in [6.07, 6.45) is 0.231. The molecule has 1 rings (SSSR count). The van der Waals surface area contributed by atoms with Crippen LogP contribution in [-0.2, 0) is 0 Å². The monoisotopic (exact) mass is 229 g/mol. The van der Waals surface area contributed by atoms with E-state index in [1.54, 1.807) is 6.92 Å². The van der Waals surface area contributed by atoms with E-state index in [-0.39, 0.29) is 24.0 Å². The highest BCUT2D eigenvalue weighted by Gasteiger charge is 2.09. The summed E-state index contributed by atoms with van der Waals surface area (Å²) in [4.78, 5) is 11.5. The number of hydrogen-bond acceptors (Lipinski definition) is 3. The van der Waals surface area contributed by atoms with Crippen molar-refractivity contribution in [2.45, 2.75) is 26.0 Å². The molecule has 0 aliphatic rings. The minimum atomic E-state index is -2.86. The van der Waals surface area contributed by atoms with Gasteiger partial charge in [-0.2, -0.15) is 8.78 Å². The summed E-state index contributed by atoms with van der Waals surface area (Å²) in [5, 5.41) is 0. The molecule has 5 heteroatoms. The van der Waals surface area contributed by atoms with Crippen LogP contribution in [0.1, 0.15) is 23.7 Å². The van der Waals surface area contributed by atoms with Gasteiger partial charge in [0.15, 0.2) is 5.78 Å². The Labute approximate surface area is 92.2 Å². The standard InChI is InChI=1S/C11H13F2NO2/c1-7(14)6-10(15)8-2-4-9(5-3-8)16-11(12)13/h2-5,7,11H,6,14H2,1H3. The van der Waals surface area contributed by atoms with Crippen LogP contribution < -0.4 is 10.5 Å². The molecule has 1 aromatic rings. The Hall–Kier alpha value is -1.49. The molecule has 16 heavy (non-hydrogen) atoms. The van der Waals surface area contributed by atoms with Gasteiger partial charge in [-0.25, -0.2) is 0 Å². The summed E-state index contributed by atoms with van der Waals surface area (Å²) in [6.45, 7) is -1.13. The van der Waals surface area contributed by atoms with Gasteiger partial charge >= 0.3 is 6.61 Å². The molecule has 0 spiro atoms. The number of benzene rings is 1. The van der Waals surface area contributed by atoms with E-state index in [1.165, 1.54) is 24.3 Å². The molecule has 3 nitrogen and oxygen atoms in total. The van der Waals surface area contributed by atoms with Crippen LogP contribution in [-0.4, -0.2) is 18.4 Å². The number of alkyl halides is 2. The van der Waals surface area contributed by atoms with Crippen LogP contribution in [0.5, 0.6) is 5.75 Å². The Kier molecular flexibility index (Phi) is 4.37. The molecule has 0 radical (unpaired) electrons. The van der Waals surface area contributed by atoms with E-state index >= 15 is 0 Å². The highest BCUT2D eigenvalue weighted by Crippen LogP contribution is 2.16. The molecule has 0 aliphatic heterocycles. The quantitative estimate of drug-likeness (QED) is 0.787. The van der Waals surface area contributed by atoms with Crippen molar-refractivity contribution in [2.24, 2.45) is 5.73 Å². The number of carbonyl (C=O) groups excluding carboxylic acids is 1. The first-order valence-corrected chi connectivity index (χ1v) is 4.82. The molecular weight excluding hydrogens is 216 g/mol. The minimum absolute atomic E-state index is 0.0346. The fourth-order valence-electron chi connectivity index (χ4n) is 1.23. The van der Waals surface area contributed by atoms with Crippen LogP contribution in [0.2, 0.25) is 0 Å². The van der Waals surface area contributed by atoms with Crippen molar-refractivity contribution in [1.82, 2.24) is 0 Å². The van der Waals surface area contributed by atoms with Gasteiger partial charge in [-0.05, 0) is 31.2 Å². The van der Waals surface area contributed by atoms with E-state index in [9.17, 15) is 13.6 Å². The summed E-state index contributed by atoms with van der Waals surface area (Å²) in [5.74, 6) is -0.0778. The first-order valence-electron chi connectivity index (χ1n) is 4.82. The molecule has 0 heterocycles. The number of hydrogen-bond donors (Lipinski definition) is 1. The van der Waals surface area contributed by atoms with Gasteiger partial charge in [0.2, 0.25) is 0 Å². The summed E-state index contributed by atoms with van der Waals surface area (Å²) >= 11 is 0. The van der Waals surface area contributed by atoms with Crippen LogP contribution in [0, 0.1) is 0 Å². The number of ketones is 1. The second-order valence-corrected chi connectivity index (χ2v) is 3.51. The number of rotatable bonds is 5. The van der Waals surface area contributed by atoms with Crippen LogP contribution in [0.25, 0.3) is 0 Å². The molecular formula is C11H13F2NO2. The fourth-order valence-corrected chi connectivity index (χ4v) is 1.23. The molecule has 0 saturated heterocycles. The topological polar surface area (TPSA) is 52.3 Å². The zero-order chi connectivity index (χ0) is 12.1. The lowest BCUT2D eigenvalue weighted by Gasteiger charge is -2.06. The summed E-state index contributed by atoms with van der Waals surface area (Å²) in [5.41, 5.74) is 5.93. The van der Waals surface area contributed by atoms with Gasteiger partial charge in [-0.1, -0.05) is 0 Å². The van der Waals surface area contributed by atoms with Crippen molar-refractivity contribution >= 4 is 5.78 Å². The second kappa shape index (κ2) is 5.55. The van der Waals surface area contributed by atoms with Gasteiger partial charge < -0.3 is 10.5 Å². The number of carbonyl (C=O) groups is 1. The zero-order valence-corrected chi connectivity index (χ0v) is 8.82. The third kappa shape index (κ3) is 3.94. The highest BCUT2D eigenvalue weighted by molar-refractivity contribution is 5.96. The Morgan fingerprint density at radius 3 is 2.38 bits per heavy atom. The molecule has 88 valence electrons. The number of Topliss-reactive ketones (excluding diaryl/α,β-unsaturated/α-hetero) is 1. The fraction of sp³-hybridized carbons (Fsp3) is 0.364. The third-order valence-corrected chi connectivity index (χ3v) is 1.91. The van der Waals surface area contributed by atoms with Crippen molar-refractivity contribution in [1.29, 1.82) is 0 Å². The van der Waals surface area contributed by atoms with Crippen molar-refractivity contribution in [3.8, 4) is 5.75 Å². The van der Waals surface area contributed by atoms with Gasteiger partial charge in [-0.3, -0.25) is 4.79 Å². The lowest BCUT2D eigenvalue weighted by atomic mass is 10.1. The SMILES string of the molecule is CC(N)CC(=O)c1ccc(OC(F)F)cc1.